The normalized spacial score (nSPS) is 20.0. The second-order valence-corrected chi connectivity index (χ2v) is 8.12. The van der Waals surface area contributed by atoms with Gasteiger partial charge in [0.05, 0.1) is 25.0 Å². The Morgan fingerprint density at radius 2 is 2.10 bits per heavy atom. The molecule has 5 rings (SSSR count). The average Bonchev–Trinajstić information content (AvgIpc) is 3.26. The molecule has 9 heteroatoms. The van der Waals surface area contributed by atoms with Gasteiger partial charge in [-0.1, -0.05) is 5.16 Å². The van der Waals surface area contributed by atoms with E-state index in [1.54, 1.807) is 18.5 Å². The van der Waals surface area contributed by atoms with Crippen LogP contribution in [0.1, 0.15) is 23.4 Å². The maximum Gasteiger partial charge on any atom is 0.269 e. The van der Waals surface area contributed by atoms with Crippen LogP contribution in [0.5, 0.6) is 0 Å². The van der Waals surface area contributed by atoms with Gasteiger partial charge in [-0.05, 0) is 26.0 Å². The van der Waals surface area contributed by atoms with Crippen LogP contribution in [0.15, 0.2) is 39.9 Å². The lowest BCUT2D eigenvalue weighted by molar-refractivity contribution is -0.0190. The molecule has 8 nitrogen and oxygen atoms in total. The molecular weight excluding hydrogens is 389 g/mol. The van der Waals surface area contributed by atoms with Crippen LogP contribution in [0, 0.1) is 13.8 Å². The Balaban J connectivity index is 1.35. The molecule has 0 N–H and O–H groups in total. The van der Waals surface area contributed by atoms with E-state index in [1.165, 1.54) is 4.68 Å². The van der Waals surface area contributed by atoms with Gasteiger partial charge >= 0.3 is 0 Å². The topological polar surface area (TPSA) is 86.3 Å². The Hall–Kier alpha value is -3.07. The standard InChI is InChI=1S/C21H22FN5O3/c1-13-3-4-15(7-23-13)20-18(14(2)30-25-20)9-27-19(28)5-17(8-24-27)26-11-21(12-26)6-16(22)10-29-21/h3-5,7-8,16H,6,9-12H2,1-2H3/t16-/m1/s1. The smallest absolute Gasteiger partial charge is 0.269 e. The Labute approximate surface area is 172 Å². The minimum Gasteiger partial charge on any atom is -0.368 e. The molecule has 1 atom stereocenters. The van der Waals surface area contributed by atoms with Crippen molar-refractivity contribution in [2.24, 2.45) is 0 Å². The lowest BCUT2D eigenvalue weighted by Gasteiger charge is -2.48. The maximum absolute atomic E-state index is 13.4. The largest absolute Gasteiger partial charge is 0.368 e. The predicted molar refractivity (Wildman–Crippen MR) is 107 cm³/mol. The number of aromatic nitrogens is 4. The summed E-state index contributed by atoms with van der Waals surface area (Å²) in [6.45, 7) is 5.28. The first-order valence-electron chi connectivity index (χ1n) is 9.91. The van der Waals surface area contributed by atoms with E-state index in [2.05, 4.69) is 15.2 Å². The highest BCUT2D eigenvalue weighted by Crippen LogP contribution is 2.38. The summed E-state index contributed by atoms with van der Waals surface area (Å²) in [6, 6.07) is 5.38. The summed E-state index contributed by atoms with van der Waals surface area (Å²) in [7, 11) is 0. The van der Waals surface area contributed by atoms with E-state index in [0.29, 0.717) is 31.0 Å². The highest BCUT2D eigenvalue weighted by molar-refractivity contribution is 5.62. The van der Waals surface area contributed by atoms with E-state index in [9.17, 15) is 9.18 Å². The van der Waals surface area contributed by atoms with Gasteiger partial charge in [0.2, 0.25) is 0 Å². The van der Waals surface area contributed by atoms with Crippen molar-refractivity contribution in [3.05, 3.63) is 58.0 Å². The molecule has 5 heterocycles. The molecule has 0 aromatic carbocycles. The van der Waals surface area contributed by atoms with Gasteiger partial charge in [0.1, 0.15) is 23.2 Å². The first kappa shape index (κ1) is 18.9. The average molecular weight is 411 g/mol. The van der Waals surface area contributed by atoms with E-state index >= 15 is 0 Å². The van der Waals surface area contributed by atoms with Crippen molar-refractivity contribution in [3.63, 3.8) is 0 Å². The Morgan fingerprint density at radius 1 is 1.27 bits per heavy atom. The van der Waals surface area contributed by atoms with Crippen molar-refractivity contribution < 1.29 is 13.7 Å². The monoisotopic (exact) mass is 411 g/mol. The number of halogens is 1. The SMILES string of the molecule is Cc1ccc(-c2noc(C)c2Cn2ncc(N3CC4(C[C@@H](F)CO4)C3)cc2=O)cn1. The summed E-state index contributed by atoms with van der Waals surface area (Å²) in [5.74, 6) is 0.632. The Kier molecular flexibility index (Phi) is 4.43. The summed E-state index contributed by atoms with van der Waals surface area (Å²) in [4.78, 5) is 19.0. The quantitative estimate of drug-likeness (QED) is 0.651. The van der Waals surface area contributed by atoms with Crippen LogP contribution >= 0.6 is 0 Å². The van der Waals surface area contributed by atoms with Gasteiger partial charge in [-0.25, -0.2) is 9.07 Å². The zero-order valence-electron chi connectivity index (χ0n) is 16.8. The molecule has 2 aliphatic rings. The molecule has 0 radical (unpaired) electrons. The fourth-order valence-electron chi connectivity index (χ4n) is 4.12. The number of ether oxygens (including phenoxy) is 1. The minimum atomic E-state index is -0.900. The molecule has 30 heavy (non-hydrogen) atoms. The lowest BCUT2D eigenvalue weighted by atomic mass is 9.90. The molecule has 1 spiro atoms. The zero-order valence-corrected chi connectivity index (χ0v) is 16.8. The van der Waals surface area contributed by atoms with E-state index in [4.69, 9.17) is 9.26 Å². The van der Waals surface area contributed by atoms with E-state index in [0.717, 1.165) is 22.5 Å². The maximum atomic E-state index is 13.4. The number of nitrogens with zero attached hydrogens (tertiary/aromatic N) is 5. The fraction of sp³-hybridized carbons (Fsp3) is 0.429. The van der Waals surface area contributed by atoms with Gasteiger partial charge in [0, 0.05) is 48.6 Å². The van der Waals surface area contributed by atoms with Crippen molar-refractivity contribution in [2.45, 2.75) is 38.6 Å². The molecule has 2 saturated heterocycles. The van der Waals surface area contributed by atoms with Gasteiger partial charge in [-0.15, -0.1) is 0 Å². The Bertz CT molecular complexity index is 1130. The van der Waals surface area contributed by atoms with Crippen LogP contribution in [0.2, 0.25) is 0 Å². The van der Waals surface area contributed by atoms with E-state index < -0.39 is 11.8 Å². The molecule has 3 aromatic heterocycles. The molecule has 156 valence electrons. The van der Waals surface area contributed by atoms with Crippen LogP contribution in [0.25, 0.3) is 11.3 Å². The van der Waals surface area contributed by atoms with Crippen molar-refractivity contribution in [1.29, 1.82) is 0 Å². The second-order valence-electron chi connectivity index (χ2n) is 8.12. The van der Waals surface area contributed by atoms with Crippen molar-refractivity contribution in [1.82, 2.24) is 19.9 Å². The van der Waals surface area contributed by atoms with Crippen molar-refractivity contribution >= 4 is 5.69 Å². The number of anilines is 1. The molecule has 0 saturated carbocycles. The minimum absolute atomic E-state index is 0.157. The summed E-state index contributed by atoms with van der Waals surface area (Å²) in [6.07, 6.45) is 2.91. The van der Waals surface area contributed by atoms with E-state index in [-0.39, 0.29) is 18.7 Å². The first-order valence-corrected chi connectivity index (χ1v) is 9.91. The number of rotatable bonds is 4. The highest BCUT2D eigenvalue weighted by Gasteiger charge is 2.50. The Morgan fingerprint density at radius 3 is 2.77 bits per heavy atom. The van der Waals surface area contributed by atoms with E-state index in [1.807, 2.05) is 30.9 Å². The third-order valence-corrected chi connectivity index (χ3v) is 5.82. The van der Waals surface area contributed by atoms with Gasteiger partial charge in [0.15, 0.2) is 0 Å². The third kappa shape index (κ3) is 3.28. The summed E-state index contributed by atoms with van der Waals surface area (Å²) in [5.41, 5.74) is 3.26. The number of aryl methyl sites for hydroxylation is 2. The molecule has 0 bridgehead atoms. The third-order valence-electron chi connectivity index (χ3n) is 5.82. The number of pyridine rings is 1. The summed E-state index contributed by atoms with van der Waals surface area (Å²) < 4.78 is 25.8. The number of hydrogen-bond donors (Lipinski definition) is 0. The molecule has 0 unspecified atom stereocenters. The van der Waals surface area contributed by atoms with Gasteiger partial charge in [0.25, 0.3) is 5.56 Å². The van der Waals surface area contributed by atoms with Crippen LogP contribution < -0.4 is 10.5 Å². The predicted octanol–water partition coefficient (Wildman–Crippen LogP) is 2.28. The van der Waals surface area contributed by atoms with Gasteiger partial charge in [-0.3, -0.25) is 9.78 Å². The second kappa shape index (κ2) is 7.02. The molecule has 2 fully saturated rings. The fourth-order valence-corrected chi connectivity index (χ4v) is 4.12. The summed E-state index contributed by atoms with van der Waals surface area (Å²) >= 11 is 0. The lowest BCUT2D eigenvalue weighted by Crippen LogP contribution is -2.62. The first-order chi connectivity index (χ1) is 14.4. The van der Waals surface area contributed by atoms with Crippen LogP contribution in [-0.4, -0.2) is 51.4 Å². The molecular formula is C21H22FN5O3. The molecule has 0 aliphatic carbocycles. The molecule has 3 aromatic rings. The number of hydrogen-bond acceptors (Lipinski definition) is 7. The number of alkyl halides is 1. The van der Waals surface area contributed by atoms with Crippen LogP contribution in [0.4, 0.5) is 10.1 Å². The van der Waals surface area contributed by atoms with Crippen molar-refractivity contribution in [2.75, 3.05) is 24.6 Å². The molecule has 2 aliphatic heterocycles. The summed E-state index contributed by atoms with van der Waals surface area (Å²) in [5, 5.41) is 8.48. The molecule has 0 amide bonds. The van der Waals surface area contributed by atoms with Crippen molar-refractivity contribution in [3.8, 4) is 11.3 Å². The van der Waals surface area contributed by atoms with Gasteiger partial charge in [-0.2, -0.15) is 5.10 Å². The van der Waals surface area contributed by atoms with Gasteiger partial charge < -0.3 is 14.2 Å². The van der Waals surface area contributed by atoms with Crippen LogP contribution in [0.3, 0.4) is 0 Å². The van der Waals surface area contributed by atoms with Crippen LogP contribution in [-0.2, 0) is 11.3 Å². The zero-order chi connectivity index (χ0) is 20.9. The highest BCUT2D eigenvalue weighted by atomic mass is 19.1.